The van der Waals surface area contributed by atoms with Crippen LogP contribution in [-0.2, 0) is 6.54 Å². The zero-order chi connectivity index (χ0) is 27.1. The van der Waals surface area contributed by atoms with Gasteiger partial charge in [0.25, 0.3) is 0 Å². The summed E-state index contributed by atoms with van der Waals surface area (Å²) in [6, 6.07) is 10.8. The largest absolute Gasteiger partial charge is 0.491 e. The van der Waals surface area contributed by atoms with E-state index < -0.39 is 11.6 Å². The Morgan fingerprint density at radius 2 is 1.84 bits per heavy atom. The SMILES string of the molecule is COc1cnc(C(=N)c2ccccc2NCc2c(F)cc(OCCO)cc2F)nc1Nc1ccncc1C. The second-order valence-corrected chi connectivity index (χ2v) is 8.14. The molecule has 2 aromatic carbocycles. The topological polar surface area (TPSA) is 125 Å². The van der Waals surface area contributed by atoms with E-state index in [1.165, 1.54) is 13.3 Å². The molecule has 0 aliphatic rings. The normalized spacial score (nSPS) is 10.7. The van der Waals surface area contributed by atoms with Gasteiger partial charge in [-0.15, -0.1) is 0 Å². The molecule has 196 valence electrons. The molecule has 9 nitrogen and oxygen atoms in total. The number of para-hydroxylation sites is 1. The number of hydrogen-bond acceptors (Lipinski definition) is 9. The molecule has 0 aliphatic carbocycles. The number of aromatic nitrogens is 3. The van der Waals surface area contributed by atoms with Crippen molar-refractivity contribution < 1.29 is 23.4 Å². The summed E-state index contributed by atoms with van der Waals surface area (Å²) in [5.74, 6) is -0.714. The van der Waals surface area contributed by atoms with Crippen molar-refractivity contribution in [1.82, 2.24) is 15.0 Å². The lowest BCUT2D eigenvalue weighted by atomic mass is 10.1. The van der Waals surface area contributed by atoms with E-state index in [-0.39, 0.29) is 42.6 Å². The van der Waals surface area contributed by atoms with Crippen molar-refractivity contribution in [3.63, 3.8) is 0 Å². The first kappa shape index (κ1) is 26.4. The van der Waals surface area contributed by atoms with Crippen molar-refractivity contribution >= 4 is 22.9 Å². The van der Waals surface area contributed by atoms with Gasteiger partial charge >= 0.3 is 0 Å². The number of aliphatic hydroxyl groups is 1. The van der Waals surface area contributed by atoms with E-state index >= 15 is 0 Å². The van der Waals surface area contributed by atoms with Crippen LogP contribution in [0.1, 0.15) is 22.5 Å². The molecule has 2 heterocycles. The van der Waals surface area contributed by atoms with Gasteiger partial charge in [0, 0.05) is 53.6 Å². The molecule has 0 radical (unpaired) electrons. The maximum Gasteiger partial charge on any atom is 0.180 e. The number of nitrogens with one attached hydrogen (secondary N) is 3. The van der Waals surface area contributed by atoms with E-state index in [4.69, 9.17) is 20.0 Å². The standard InChI is InChI=1S/C27H26F2N6O3/c1-16-13-31-8-7-22(16)34-26-24(37-2)15-33-27(35-26)25(30)18-5-3-4-6-23(18)32-14-19-20(28)11-17(12-21(19)29)38-10-9-36/h3-8,11-13,15,30,32,36H,9-10,14H2,1-2H3,(H,31,33,34,35). The van der Waals surface area contributed by atoms with Gasteiger partial charge in [0.1, 0.15) is 29.7 Å². The van der Waals surface area contributed by atoms with Gasteiger partial charge in [-0.25, -0.2) is 18.7 Å². The minimum Gasteiger partial charge on any atom is -0.491 e. The molecule has 0 saturated heterocycles. The number of benzene rings is 2. The molecule has 4 rings (SSSR count). The summed E-state index contributed by atoms with van der Waals surface area (Å²) in [5.41, 5.74) is 2.38. The van der Waals surface area contributed by atoms with E-state index in [0.29, 0.717) is 22.8 Å². The molecule has 0 bridgehead atoms. The highest BCUT2D eigenvalue weighted by Gasteiger charge is 2.18. The smallest absolute Gasteiger partial charge is 0.180 e. The van der Waals surface area contributed by atoms with Crippen molar-refractivity contribution in [2.45, 2.75) is 13.5 Å². The van der Waals surface area contributed by atoms with Crippen molar-refractivity contribution in [3.05, 3.63) is 95.2 Å². The maximum absolute atomic E-state index is 14.6. The zero-order valence-corrected chi connectivity index (χ0v) is 20.8. The molecule has 11 heteroatoms. The molecule has 0 spiro atoms. The van der Waals surface area contributed by atoms with E-state index in [1.54, 1.807) is 42.7 Å². The second-order valence-electron chi connectivity index (χ2n) is 8.14. The van der Waals surface area contributed by atoms with Gasteiger partial charge in [-0.1, -0.05) is 18.2 Å². The highest BCUT2D eigenvalue weighted by atomic mass is 19.1. The van der Waals surface area contributed by atoms with Crippen LogP contribution in [0.5, 0.6) is 11.5 Å². The second kappa shape index (κ2) is 12.1. The summed E-state index contributed by atoms with van der Waals surface area (Å²) in [7, 11) is 1.50. The fourth-order valence-electron chi connectivity index (χ4n) is 3.63. The lowest BCUT2D eigenvalue weighted by Gasteiger charge is -2.15. The summed E-state index contributed by atoms with van der Waals surface area (Å²) in [4.78, 5) is 12.9. The third kappa shape index (κ3) is 6.01. The fourth-order valence-corrected chi connectivity index (χ4v) is 3.63. The summed E-state index contributed by atoms with van der Waals surface area (Å²) in [6.45, 7) is 1.38. The van der Waals surface area contributed by atoms with Gasteiger partial charge < -0.3 is 25.2 Å². The van der Waals surface area contributed by atoms with Crippen LogP contribution in [0.2, 0.25) is 0 Å². The third-order valence-corrected chi connectivity index (χ3v) is 5.60. The Morgan fingerprint density at radius 1 is 1.08 bits per heavy atom. The molecular formula is C27H26F2N6O3. The molecule has 2 aromatic heterocycles. The van der Waals surface area contributed by atoms with E-state index in [2.05, 4.69) is 25.6 Å². The van der Waals surface area contributed by atoms with Gasteiger partial charge in [-0.05, 0) is 24.6 Å². The van der Waals surface area contributed by atoms with E-state index in [0.717, 1.165) is 23.4 Å². The number of ether oxygens (including phenoxy) is 2. The van der Waals surface area contributed by atoms with Crippen LogP contribution in [0.25, 0.3) is 0 Å². The Morgan fingerprint density at radius 3 is 2.55 bits per heavy atom. The quantitative estimate of drug-likeness (QED) is 0.211. The molecular weight excluding hydrogens is 494 g/mol. The monoisotopic (exact) mass is 520 g/mol. The number of halogens is 2. The third-order valence-electron chi connectivity index (χ3n) is 5.60. The number of aliphatic hydroxyl groups excluding tert-OH is 1. The highest BCUT2D eigenvalue weighted by Crippen LogP contribution is 2.28. The van der Waals surface area contributed by atoms with Crippen molar-refractivity contribution in [3.8, 4) is 11.5 Å². The van der Waals surface area contributed by atoms with Gasteiger partial charge in [-0.3, -0.25) is 10.4 Å². The van der Waals surface area contributed by atoms with Crippen LogP contribution >= 0.6 is 0 Å². The number of aryl methyl sites for hydroxylation is 1. The lowest BCUT2D eigenvalue weighted by molar-refractivity contribution is 0.200. The Bertz CT molecular complexity index is 1430. The van der Waals surface area contributed by atoms with Crippen LogP contribution in [0.3, 0.4) is 0 Å². The molecule has 0 aliphatic heterocycles. The maximum atomic E-state index is 14.6. The van der Waals surface area contributed by atoms with Crippen LogP contribution < -0.4 is 20.1 Å². The molecule has 4 N–H and O–H groups in total. The van der Waals surface area contributed by atoms with Crippen LogP contribution in [0.4, 0.5) is 26.0 Å². The van der Waals surface area contributed by atoms with E-state index in [1.807, 2.05) is 6.92 Å². The lowest BCUT2D eigenvalue weighted by Crippen LogP contribution is -2.13. The van der Waals surface area contributed by atoms with Gasteiger partial charge in [0.05, 0.1) is 19.9 Å². The van der Waals surface area contributed by atoms with Crippen molar-refractivity contribution in [2.24, 2.45) is 0 Å². The summed E-state index contributed by atoms with van der Waals surface area (Å²) in [5, 5.41) is 23.8. The Kier molecular flexibility index (Phi) is 8.39. The van der Waals surface area contributed by atoms with Crippen LogP contribution in [0.15, 0.2) is 61.1 Å². The minimum absolute atomic E-state index is 0.000973. The molecule has 38 heavy (non-hydrogen) atoms. The number of nitrogens with zero attached hydrogens (tertiary/aromatic N) is 3. The molecule has 0 atom stereocenters. The zero-order valence-electron chi connectivity index (χ0n) is 20.8. The minimum atomic E-state index is -0.793. The summed E-state index contributed by atoms with van der Waals surface area (Å²) >= 11 is 0. The fraction of sp³-hybridized carbons (Fsp3) is 0.185. The van der Waals surface area contributed by atoms with Crippen molar-refractivity contribution in [2.75, 3.05) is 31.0 Å². The summed E-state index contributed by atoms with van der Waals surface area (Å²) < 4.78 is 39.6. The average Bonchev–Trinajstić information content (AvgIpc) is 2.92. The summed E-state index contributed by atoms with van der Waals surface area (Å²) in [6.07, 6.45) is 4.83. The predicted molar refractivity (Wildman–Crippen MR) is 139 cm³/mol. The number of methoxy groups -OCH3 is 1. The van der Waals surface area contributed by atoms with Crippen LogP contribution in [0, 0.1) is 24.0 Å². The first-order chi connectivity index (χ1) is 18.4. The molecule has 4 aromatic rings. The van der Waals surface area contributed by atoms with Gasteiger partial charge in [0.2, 0.25) is 0 Å². The number of hydrogen-bond donors (Lipinski definition) is 4. The predicted octanol–water partition coefficient (Wildman–Crippen LogP) is 4.61. The van der Waals surface area contributed by atoms with Gasteiger partial charge in [-0.2, -0.15) is 0 Å². The highest BCUT2D eigenvalue weighted by molar-refractivity contribution is 6.12. The number of anilines is 3. The molecule has 0 unspecified atom stereocenters. The Balaban J connectivity index is 1.58. The first-order valence-corrected chi connectivity index (χ1v) is 11.6. The Hall–Kier alpha value is -4.64. The number of pyridine rings is 1. The molecule has 0 amide bonds. The average molecular weight is 521 g/mol. The molecule has 0 fully saturated rings. The first-order valence-electron chi connectivity index (χ1n) is 11.6. The number of rotatable bonds is 11. The Labute approximate surface area is 218 Å². The van der Waals surface area contributed by atoms with Gasteiger partial charge in [0.15, 0.2) is 17.4 Å². The van der Waals surface area contributed by atoms with Crippen molar-refractivity contribution in [1.29, 1.82) is 5.41 Å². The van der Waals surface area contributed by atoms with E-state index in [9.17, 15) is 8.78 Å². The molecule has 0 saturated carbocycles. The van der Waals surface area contributed by atoms with Crippen LogP contribution in [-0.4, -0.2) is 46.1 Å².